The minimum atomic E-state index is -1.97. The number of ether oxygens (including phenoxy) is 6. The molecule has 2 aliphatic heterocycles. The smallest absolute Gasteiger partial charge is 0.239 e. The molecule has 17 nitrogen and oxygen atoms in total. The van der Waals surface area contributed by atoms with Crippen LogP contribution >= 0.6 is 0 Å². The monoisotopic (exact) mass is 654 g/mol. The molecule has 2 fully saturated rings. The van der Waals surface area contributed by atoms with Crippen molar-refractivity contribution < 1.29 is 78.8 Å². The molecule has 0 aliphatic carbocycles. The van der Waals surface area contributed by atoms with Crippen LogP contribution in [0, 0.1) is 0 Å². The molecule has 0 radical (unpaired) electrons. The van der Waals surface area contributed by atoms with Gasteiger partial charge >= 0.3 is 0 Å². The van der Waals surface area contributed by atoms with Crippen LogP contribution in [-0.4, -0.2) is 128 Å². The largest absolute Gasteiger partial charge is 0.507 e. The number of phenolic OH excluding ortho intramolecular Hbond substituents is 3. The number of benzene rings is 2. The van der Waals surface area contributed by atoms with Gasteiger partial charge in [0.25, 0.3) is 0 Å². The number of rotatable bonds is 8. The van der Waals surface area contributed by atoms with Crippen LogP contribution in [0.4, 0.5) is 0 Å². The summed E-state index contributed by atoms with van der Waals surface area (Å²) >= 11 is 0. The topological polar surface area (TPSA) is 268 Å². The summed E-state index contributed by atoms with van der Waals surface area (Å²) in [5.41, 5.74) is -1.36. The standard InChI is InChI=1S/C29H34O17/c1-9-17(33)20(36)22(38)28(43-9)42-8-15-18(34)21(37)23(39)29(44-15)46-27-19(35)16-12(31)7-13(32)25(41-3)26(16)45-24(27)10-4-5-11(30)14(6-10)40-2/h4-7,9,15,17-18,20-23,28-34,36-39H,8H2,1-3H3/t9-,15-,17-,18-,20-,21-,22+,23-,28+,29-/m0/s1. The first-order valence-electron chi connectivity index (χ1n) is 13.9. The Kier molecular flexibility index (Phi) is 9.50. The van der Waals surface area contributed by atoms with Gasteiger partial charge in [0.1, 0.15) is 53.9 Å². The number of aliphatic hydroxyl groups excluding tert-OH is 6. The molecule has 0 amide bonds. The van der Waals surface area contributed by atoms with Crippen LogP contribution in [0.3, 0.4) is 0 Å². The molecule has 0 spiro atoms. The summed E-state index contributed by atoms with van der Waals surface area (Å²) < 4.78 is 38.6. The predicted octanol–water partition coefficient (Wildman–Crippen LogP) is -1.38. The van der Waals surface area contributed by atoms with Crippen molar-refractivity contribution in [2.75, 3.05) is 20.8 Å². The Morgan fingerprint density at radius 2 is 1.41 bits per heavy atom. The first kappa shape index (κ1) is 33.5. The highest BCUT2D eigenvalue weighted by atomic mass is 16.7. The average Bonchev–Trinajstić information content (AvgIpc) is 3.03. The molecule has 2 saturated heterocycles. The van der Waals surface area contributed by atoms with Gasteiger partial charge in [0.15, 0.2) is 34.9 Å². The van der Waals surface area contributed by atoms with Crippen molar-refractivity contribution in [2.24, 2.45) is 0 Å². The number of methoxy groups -OCH3 is 2. The van der Waals surface area contributed by atoms with Crippen molar-refractivity contribution in [1.82, 2.24) is 0 Å². The first-order chi connectivity index (χ1) is 21.8. The van der Waals surface area contributed by atoms with Gasteiger partial charge in [0.2, 0.25) is 23.2 Å². The highest BCUT2D eigenvalue weighted by Gasteiger charge is 2.48. The molecular formula is C29H34O17. The normalized spacial score (nSPS) is 31.5. The number of hydrogen-bond acceptors (Lipinski definition) is 17. The Morgan fingerprint density at radius 3 is 2.09 bits per heavy atom. The summed E-state index contributed by atoms with van der Waals surface area (Å²) in [4.78, 5) is 13.9. The molecule has 17 heteroatoms. The quantitative estimate of drug-likeness (QED) is 0.135. The molecule has 252 valence electrons. The second-order valence-electron chi connectivity index (χ2n) is 10.8. The van der Waals surface area contributed by atoms with Crippen LogP contribution in [0.1, 0.15) is 6.92 Å². The molecule has 9 N–H and O–H groups in total. The van der Waals surface area contributed by atoms with Crippen LogP contribution in [-0.2, 0) is 14.2 Å². The minimum Gasteiger partial charge on any atom is -0.507 e. The lowest BCUT2D eigenvalue weighted by molar-refractivity contribution is -0.318. The van der Waals surface area contributed by atoms with Gasteiger partial charge in [-0.1, -0.05) is 0 Å². The second kappa shape index (κ2) is 13.1. The Labute approximate surface area is 259 Å². The van der Waals surface area contributed by atoms with Gasteiger partial charge < -0.3 is 78.8 Å². The zero-order chi connectivity index (χ0) is 33.6. The first-order valence-corrected chi connectivity index (χ1v) is 13.9. The van der Waals surface area contributed by atoms with E-state index in [1.54, 1.807) is 0 Å². The number of aromatic hydroxyl groups is 3. The fraction of sp³-hybridized carbons (Fsp3) is 0.483. The Hall–Kier alpha value is -3.91. The number of fused-ring (bicyclic) bond motifs is 1. The van der Waals surface area contributed by atoms with Gasteiger partial charge in [0, 0.05) is 11.6 Å². The van der Waals surface area contributed by atoms with Gasteiger partial charge in [-0.3, -0.25) is 4.79 Å². The summed E-state index contributed by atoms with van der Waals surface area (Å²) in [6.07, 6.45) is -16.2. The maximum atomic E-state index is 13.9. The van der Waals surface area contributed by atoms with E-state index in [4.69, 9.17) is 32.8 Å². The molecule has 10 atom stereocenters. The highest BCUT2D eigenvalue weighted by molar-refractivity contribution is 5.93. The van der Waals surface area contributed by atoms with E-state index in [1.165, 1.54) is 39.3 Å². The van der Waals surface area contributed by atoms with Crippen LogP contribution in [0.25, 0.3) is 22.3 Å². The molecule has 0 saturated carbocycles. The van der Waals surface area contributed by atoms with E-state index in [0.29, 0.717) is 0 Å². The van der Waals surface area contributed by atoms with E-state index in [2.05, 4.69) is 0 Å². The zero-order valence-electron chi connectivity index (χ0n) is 24.6. The van der Waals surface area contributed by atoms with Crippen molar-refractivity contribution in [1.29, 1.82) is 0 Å². The molecule has 3 aromatic rings. The van der Waals surface area contributed by atoms with Crippen LogP contribution in [0.2, 0.25) is 0 Å². The average molecular weight is 655 g/mol. The molecule has 0 bridgehead atoms. The number of phenols is 3. The molecule has 2 aromatic carbocycles. The van der Waals surface area contributed by atoms with Crippen LogP contribution < -0.4 is 19.6 Å². The molecule has 2 aliphatic rings. The van der Waals surface area contributed by atoms with Crippen molar-refractivity contribution in [2.45, 2.75) is 68.3 Å². The summed E-state index contributed by atoms with van der Waals surface area (Å²) in [7, 11) is 2.45. The van der Waals surface area contributed by atoms with Gasteiger partial charge in [-0.2, -0.15) is 0 Å². The lowest BCUT2D eigenvalue weighted by Crippen LogP contribution is -2.61. The number of hydrogen-bond donors (Lipinski definition) is 9. The SMILES string of the molecule is COc1cc(-c2oc3c(OC)c(O)cc(O)c3c(=O)c2O[C@@H]2O[C@@H](CO[C@@H]3O[C@@H](C)[C@H](O)[C@H](O)[C@H]3O)[C@H](O)[C@H](O)[C@@H]2O)ccc1O. The summed E-state index contributed by atoms with van der Waals surface area (Å²) in [6, 6.07) is 4.65. The maximum Gasteiger partial charge on any atom is 0.239 e. The predicted molar refractivity (Wildman–Crippen MR) is 152 cm³/mol. The van der Waals surface area contributed by atoms with Gasteiger partial charge in [-0.15, -0.1) is 0 Å². The maximum absolute atomic E-state index is 13.9. The summed E-state index contributed by atoms with van der Waals surface area (Å²) in [6.45, 7) is 0.824. The third kappa shape index (κ3) is 5.88. The molecule has 5 rings (SSSR count). The molecule has 1 aromatic heterocycles. The number of aliphatic hydroxyl groups is 6. The Balaban J connectivity index is 1.53. The second-order valence-corrected chi connectivity index (χ2v) is 10.8. The van der Waals surface area contributed by atoms with E-state index in [1.807, 2.05) is 0 Å². The van der Waals surface area contributed by atoms with Gasteiger partial charge in [0.05, 0.1) is 26.9 Å². The summed E-state index contributed by atoms with van der Waals surface area (Å²) in [5.74, 6) is -2.95. The van der Waals surface area contributed by atoms with Crippen molar-refractivity contribution in [3.63, 3.8) is 0 Å². The molecule has 0 unspecified atom stereocenters. The molecular weight excluding hydrogens is 620 g/mol. The van der Waals surface area contributed by atoms with Crippen molar-refractivity contribution in [3.05, 3.63) is 34.5 Å². The fourth-order valence-electron chi connectivity index (χ4n) is 5.22. The minimum absolute atomic E-state index is 0.0410. The van der Waals surface area contributed by atoms with E-state index < -0.39 is 96.1 Å². The lowest BCUT2D eigenvalue weighted by atomic mass is 9.98. The lowest BCUT2D eigenvalue weighted by Gasteiger charge is -2.42. The third-order valence-corrected chi connectivity index (χ3v) is 7.82. The third-order valence-electron chi connectivity index (χ3n) is 7.82. The Bertz CT molecular complexity index is 1620. The van der Waals surface area contributed by atoms with E-state index in [9.17, 15) is 50.8 Å². The van der Waals surface area contributed by atoms with E-state index >= 15 is 0 Å². The Morgan fingerprint density at radius 1 is 0.739 bits per heavy atom. The van der Waals surface area contributed by atoms with Crippen molar-refractivity contribution >= 4 is 11.0 Å². The van der Waals surface area contributed by atoms with Crippen LogP contribution in [0.5, 0.6) is 34.5 Å². The van der Waals surface area contributed by atoms with Gasteiger partial charge in [-0.05, 0) is 25.1 Å². The highest BCUT2D eigenvalue weighted by Crippen LogP contribution is 2.44. The van der Waals surface area contributed by atoms with Gasteiger partial charge in [-0.25, -0.2) is 0 Å². The summed E-state index contributed by atoms with van der Waals surface area (Å²) in [5, 5.41) is 92.8. The zero-order valence-corrected chi connectivity index (χ0v) is 24.6. The van der Waals surface area contributed by atoms with Crippen LogP contribution in [0.15, 0.2) is 33.5 Å². The van der Waals surface area contributed by atoms with E-state index in [-0.39, 0.29) is 34.2 Å². The van der Waals surface area contributed by atoms with Crippen molar-refractivity contribution in [3.8, 4) is 45.8 Å². The molecule has 46 heavy (non-hydrogen) atoms. The fourth-order valence-corrected chi connectivity index (χ4v) is 5.22. The molecule has 3 heterocycles. The van der Waals surface area contributed by atoms with E-state index in [0.717, 1.165) is 6.07 Å².